The van der Waals surface area contributed by atoms with Gasteiger partial charge in [-0.3, -0.25) is 0 Å². The molecule has 18 heavy (non-hydrogen) atoms. The number of nitrogens with zero attached hydrogens (tertiary/aromatic N) is 1. The first-order chi connectivity index (χ1) is 8.54. The Morgan fingerprint density at radius 3 is 2.28 bits per heavy atom. The van der Waals surface area contributed by atoms with Crippen LogP contribution in [0.5, 0.6) is 5.75 Å². The van der Waals surface area contributed by atoms with E-state index in [4.69, 9.17) is 5.73 Å². The molecule has 0 aliphatic carbocycles. The second-order valence-corrected chi connectivity index (χ2v) is 4.83. The maximum absolute atomic E-state index is 10.1. The molecule has 0 aliphatic heterocycles. The topological polar surface area (TPSA) is 49.5 Å². The minimum absolute atomic E-state index is 0.0965. The summed E-state index contributed by atoms with van der Waals surface area (Å²) in [6.07, 6.45) is 1.01. The zero-order valence-electron chi connectivity index (χ0n) is 12.0. The fourth-order valence-electron chi connectivity index (χ4n) is 2.16. The van der Waals surface area contributed by atoms with Crippen molar-refractivity contribution in [1.82, 2.24) is 0 Å². The Balaban J connectivity index is 2.99. The Morgan fingerprint density at radius 2 is 1.83 bits per heavy atom. The van der Waals surface area contributed by atoms with Crippen LogP contribution in [0.4, 0.5) is 5.69 Å². The summed E-state index contributed by atoms with van der Waals surface area (Å²) in [5.41, 5.74) is 8.07. The molecule has 0 saturated carbocycles. The third-order valence-electron chi connectivity index (χ3n) is 3.76. The maximum Gasteiger partial charge on any atom is 0.122 e. The number of aromatic hydroxyl groups is 1. The van der Waals surface area contributed by atoms with Gasteiger partial charge in [0.2, 0.25) is 0 Å². The highest BCUT2D eigenvalue weighted by Gasteiger charge is 2.17. The van der Waals surface area contributed by atoms with E-state index in [2.05, 4.69) is 32.6 Å². The number of rotatable bonds is 6. The van der Waals surface area contributed by atoms with Crippen molar-refractivity contribution in [2.45, 2.75) is 40.2 Å². The van der Waals surface area contributed by atoms with Crippen LogP contribution >= 0.6 is 0 Å². The molecule has 0 amide bonds. The lowest BCUT2D eigenvalue weighted by molar-refractivity contribution is 0.419. The summed E-state index contributed by atoms with van der Waals surface area (Å²) >= 11 is 0. The van der Waals surface area contributed by atoms with Gasteiger partial charge >= 0.3 is 0 Å². The average Bonchev–Trinajstić information content (AvgIpc) is 2.38. The lowest BCUT2D eigenvalue weighted by atomic mass is 9.92. The second-order valence-electron chi connectivity index (χ2n) is 4.83. The van der Waals surface area contributed by atoms with Crippen molar-refractivity contribution in [1.29, 1.82) is 0 Å². The number of nitrogens with two attached hydrogens (primary N) is 1. The SMILES string of the molecule is CCC(C)[C@@H](N)c1ccc(N(CC)CC)cc1O. The largest absolute Gasteiger partial charge is 0.508 e. The Labute approximate surface area is 111 Å². The van der Waals surface area contributed by atoms with Crippen molar-refractivity contribution in [3.63, 3.8) is 0 Å². The highest BCUT2D eigenvalue weighted by Crippen LogP contribution is 2.32. The minimum atomic E-state index is -0.0965. The summed E-state index contributed by atoms with van der Waals surface area (Å²) in [6, 6.07) is 5.73. The van der Waals surface area contributed by atoms with Crippen LogP contribution < -0.4 is 10.6 Å². The molecule has 0 radical (unpaired) electrons. The van der Waals surface area contributed by atoms with Crippen LogP contribution in [0.15, 0.2) is 18.2 Å². The highest BCUT2D eigenvalue weighted by atomic mass is 16.3. The van der Waals surface area contributed by atoms with Crippen LogP contribution in [0, 0.1) is 5.92 Å². The molecule has 1 aromatic carbocycles. The molecule has 3 heteroatoms. The molecule has 2 atom stereocenters. The van der Waals surface area contributed by atoms with Crippen molar-refractivity contribution in [2.75, 3.05) is 18.0 Å². The van der Waals surface area contributed by atoms with Gasteiger partial charge in [-0.1, -0.05) is 26.3 Å². The summed E-state index contributed by atoms with van der Waals surface area (Å²) in [4.78, 5) is 2.21. The van der Waals surface area contributed by atoms with Crippen molar-refractivity contribution in [3.8, 4) is 5.75 Å². The molecule has 0 aliphatic rings. The predicted octanol–water partition coefficient (Wildman–Crippen LogP) is 3.28. The fraction of sp³-hybridized carbons (Fsp3) is 0.600. The van der Waals surface area contributed by atoms with Crippen molar-refractivity contribution in [3.05, 3.63) is 23.8 Å². The van der Waals surface area contributed by atoms with Crippen LogP contribution in [0.1, 0.15) is 45.7 Å². The van der Waals surface area contributed by atoms with E-state index in [1.807, 2.05) is 18.2 Å². The van der Waals surface area contributed by atoms with E-state index in [0.717, 1.165) is 30.8 Å². The third kappa shape index (κ3) is 3.16. The van der Waals surface area contributed by atoms with E-state index in [-0.39, 0.29) is 6.04 Å². The number of anilines is 1. The number of benzene rings is 1. The van der Waals surface area contributed by atoms with Gasteiger partial charge in [0.1, 0.15) is 5.75 Å². The number of hydrogen-bond acceptors (Lipinski definition) is 3. The summed E-state index contributed by atoms with van der Waals surface area (Å²) in [5, 5.41) is 10.1. The van der Waals surface area contributed by atoms with Gasteiger partial charge in [0.25, 0.3) is 0 Å². The molecular formula is C15H26N2O. The van der Waals surface area contributed by atoms with E-state index >= 15 is 0 Å². The second kappa shape index (κ2) is 6.64. The molecule has 3 nitrogen and oxygen atoms in total. The fourth-order valence-corrected chi connectivity index (χ4v) is 2.16. The van der Waals surface area contributed by atoms with Gasteiger partial charge in [-0.2, -0.15) is 0 Å². The molecule has 1 aromatic rings. The summed E-state index contributed by atoms with van der Waals surface area (Å²) in [7, 11) is 0. The first-order valence-corrected chi connectivity index (χ1v) is 6.88. The predicted molar refractivity (Wildman–Crippen MR) is 78.1 cm³/mol. The number of hydrogen-bond donors (Lipinski definition) is 2. The molecule has 0 heterocycles. The highest BCUT2D eigenvalue weighted by molar-refractivity contribution is 5.54. The normalized spacial score (nSPS) is 14.3. The zero-order chi connectivity index (χ0) is 13.7. The van der Waals surface area contributed by atoms with Crippen molar-refractivity contribution in [2.24, 2.45) is 11.7 Å². The van der Waals surface area contributed by atoms with E-state index in [9.17, 15) is 5.11 Å². The van der Waals surface area contributed by atoms with Crippen molar-refractivity contribution < 1.29 is 5.11 Å². The summed E-state index contributed by atoms with van der Waals surface area (Å²) in [6.45, 7) is 10.3. The van der Waals surface area contributed by atoms with Crippen LogP contribution in [-0.2, 0) is 0 Å². The monoisotopic (exact) mass is 250 g/mol. The summed E-state index contributed by atoms with van der Waals surface area (Å²) in [5.74, 6) is 0.683. The molecule has 0 aromatic heterocycles. The van der Waals surface area contributed by atoms with E-state index in [1.54, 1.807) is 0 Å². The number of phenols is 1. The molecule has 0 spiro atoms. The Bertz CT molecular complexity index is 375. The van der Waals surface area contributed by atoms with Crippen LogP contribution in [0.25, 0.3) is 0 Å². The van der Waals surface area contributed by atoms with Gasteiger partial charge in [0.15, 0.2) is 0 Å². The molecule has 0 fully saturated rings. The van der Waals surface area contributed by atoms with Gasteiger partial charge in [0, 0.05) is 36.4 Å². The lowest BCUT2D eigenvalue weighted by Gasteiger charge is -2.24. The van der Waals surface area contributed by atoms with Gasteiger partial charge < -0.3 is 15.7 Å². The van der Waals surface area contributed by atoms with Gasteiger partial charge in [-0.05, 0) is 25.8 Å². The van der Waals surface area contributed by atoms with Gasteiger partial charge in [0.05, 0.1) is 0 Å². The molecule has 1 rings (SSSR count). The third-order valence-corrected chi connectivity index (χ3v) is 3.76. The van der Waals surface area contributed by atoms with Crippen molar-refractivity contribution >= 4 is 5.69 Å². The maximum atomic E-state index is 10.1. The molecule has 102 valence electrons. The molecule has 0 saturated heterocycles. The Hall–Kier alpha value is -1.22. The molecule has 0 bridgehead atoms. The van der Waals surface area contributed by atoms with Gasteiger partial charge in [-0.25, -0.2) is 0 Å². The first kappa shape index (κ1) is 14.8. The average molecular weight is 250 g/mol. The Kier molecular flexibility index (Phi) is 5.48. The smallest absolute Gasteiger partial charge is 0.122 e. The molecule has 3 N–H and O–H groups in total. The van der Waals surface area contributed by atoms with Crippen LogP contribution in [0.3, 0.4) is 0 Å². The van der Waals surface area contributed by atoms with E-state index < -0.39 is 0 Å². The molecular weight excluding hydrogens is 224 g/mol. The Morgan fingerprint density at radius 1 is 1.22 bits per heavy atom. The number of phenolic OH excluding ortho intramolecular Hbond substituents is 1. The summed E-state index contributed by atoms with van der Waals surface area (Å²) < 4.78 is 0. The molecule has 1 unspecified atom stereocenters. The first-order valence-electron chi connectivity index (χ1n) is 6.88. The van der Waals surface area contributed by atoms with Gasteiger partial charge in [-0.15, -0.1) is 0 Å². The quantitative estimate of drug-likeness (QED) is 0.814. The zero-order valence-corrected chi connectivity index (χ0v) is 12.0. The minimum Gasteiger partial charge on any atom is -0.508 e. The van der Waals surface area contributed by atoms with E-state index in [0.29, 0.717) is 11.7 Å². The van der Waals surface area contributed by atoms with Crippen LogP contribution in [-0.4, -0.2) is 18.2 Å². The standard InChI is InChI=1S/C15H26N2O/c1-5-11(4)15(16)13-9-8-12(10-14(13)18)17(6-2)7-3/h8-11,15,18H,5-7,16H2,1-4H3/t11?,15-/m1/s1. The van der Waals surface area contributed by atoms with Crippen LogP contribution in [0.2, 0.25) is 0 Å². The van der Waals surface area contributed by atoms with E-state index in [1.165, 1.54) is 0 Å². The lowest BCUT2D eigenvalue weighted by Crippen LogP contribution is -2.22.